The summed E-state index contributed by atoms with van der Waals surface area (Å²) in [6.07, 6.45) is 1.26. The summed E-state index contributed by atoms with van der Waals surface area (Å²) < 4.78 is 0. The molecule has 1 aromatic carbocycles. The number of rotatable bonds is 4. The first kappa shape index (κ1) is 14.3. The molecule has 0 aliphatic heterocycles. The van der Waals surface area contributed by atoms with Crippen LogP contribution in [0.15, 0.2) is 46.5 Å². The Morgan fingerprint density at radius 3 is 2.55 bits per heavy atom. The van der Waals surface area contributed by atoms with E-state index in [0.29, 0.717) is 9.92 Å². The van der Waals surface area contributed by atoms with Gasteiger partial charge in [-0.1, -0.05) is 23.4 Å². The average Bonchev–Trinajstić information content (AvgIpc) is 2.41. The molecule has 8 heteroatoms. The standard InChI is InChI=1S/C12H7ClN2O4S/c13-10-6-14-11(5-9(10)12(16)17)20-8-3-1-7(2-4-8)15(18)19/h1-6H,(H,16,17). The largest absolute Gasteiger partial charge is 0.478 e. The van der Waals surface area contributed by atoms with Gasteiger partial charge in [-0.25, -0.2) is 9.78 Å². The Hall–Kier alpha value is -2.12. The number of halogens is 1. The number of hydrogen-bond donors (Lipinski definition) is 1. The molecule has 102 valence electrons. The van der Waals surface area contributed by atoms with Crippen molar-refractivity contribution in [3.8, 4) is 0 Å². The Labute approximate surface area is 122 Å². The molecule has 0 saturated carbocycles. The Kier molecular flexibility index (Phi) is 4.21. The summed E-state index contributed by atoms with van der Waals surface area (Å²) in [7, 11) is 0. The summed E-state index contributed by atoms with van der Waals surface area (Å²) in [6, 6.07) is 7.24. The molecule has 0 aliphatic carbocycles. The fourth-order valence-electron chi connectivity index (χ4n) is 1.40. The number of nitro groups is 1. The van der Waals surface area contributed by atoms with Gasteiger partial charge in [0.25, 0.3) is 5.69 Å². The van der Waals surface area contributed by atoms with E-state index < -0.39 is 10.9 Å². The number of hydrogen-bond acceptors (Lipinski definition) is 5. The molecule has 2 rings (SSSR count). The number of non-ortho nitro benzene ring substituents is 1. The summed E-state index contributed by atoms with van der Waals surface area (Å²) >= 11 is 6.91. The molecule has 1 heterocycles. The van der Waals surface area contributed by atoms with Crippen LogP contribution in [0, 0.1) is 10.1 Å². The van der Waals surface area contributed by atoms with Gasteiger partial charge in [0, 0.05) is 23.2 Å². The van der Waals surface area contributed by atoms with E-state index in [2.05, 4.69) is 4.98 Å². The molecule has 0 spiro atoms. The van der Waals surface area contributed by atoms with Crippen LogP contribution in [0.1, 0.15) is 10.4 Å². The topological polar surface area (TPSA) is 93.3 Å². The maximum absolute atomic E-state index is 10.9. The third kappa shape index (κ3) is 3.25. The minimum absolute atomic E-state index is 0.00959. The van der Waals surface area contributed by atoms with Crippen LogP contribution in [0.2, 0.25) is 5.02 Å². The van der Waals surface area contributed by atoms with Crippen LogP contribution < -0.4 is 0 Å². The molecular weight excluding hydrogens is 304 g/mol. The van der Waals surface area contributed by atoms with E-state index in [-0.39, 0.29) is 16.3 Å². The van der Waals surface area contributed by atoms with Gasteiger partial charge in [0.1, 0.15) is 5.03 Å². The van der Waals surface area contributed by atoms with Crippen LogP contribution in [0.4, 0.5) is 5.69 Å². The maximum atomic E-state index is 10.9. The summed E-state index contributed by atoms with van der Waals surface area (Å²) in [5.74, 6) is -1.14. The molecule has 0 bridgehead atoms. The molecule has 0 atom stereocenters. The summed E-state index contributed by atoms with van der Waals surface area (Å²) in [4.78, 5) is 25.7. The van der Waals surface area contributed by atoms with Crippen LogP contribution >= 0.6 is 23.4 Å². The number of benzene rings is 1. The van der Waals surface area contributed by atoms with Crippen LogP contribution in [0.5, 0.6) is 0 Å². The van der Waals surface area contributed by atoms with Crippen molar-refractivity contribution in [3.63, 3.8) is 0 Å². The van der Waals surface area contributed by atoms with Crippen LogP contribution in [0.3, 0.4) is 0 Å². The fraction of sp³-hybridized carbons (Fsp3) is 0. The van der Waals surface area contributed by atoms with E-state index in [9.17, 15) is 14.9 Å². The van der Waals surface area contributed by atoms with Gasteiger partial charge in [0.2, 0.25) is 0 Å². The smallest absolute Gasteiger partial charge is 0.337 e. The van der Waals surface area contributed by atoms with Crippen molar-refractivity contribution in [2.24, 2.45) is 0 Å². The lowest BCUT2D eigenvalue weighted by atomic mass is 10.3. The van der Waals surface area contributed by atoms with Gasteiger partial charge >= 0.3 is 5.97 Å². The van der Waals surface area contributed by atoms with Crippen LogP contribution in [-0.2, 0) is 0 Å². The number of carboxylic acids is 1. The number of aromatic carboxylic acids is 1. The highest BCUT2D eigenvalue weighted by atomic mass is 35.5. The minimum atomic E-state index is -1.14. The van der Waals surface area contributed by atoms with E-state index in [1.165, 1.54) is 36.2 Å². The third-order valence-corrected chi connectivity index (χ3v) is 3.57. The molecular formula is C12H7ClN2O4S. The van der Waals surface area contributed by atoms with Crippen molar-refractivity contribution in [1.82, 2.24) is 4.98 Å². The zero-order chi connectivity index (χ0) is 14.7. The second kappa shape index (κ2) is 5.89. The molecule has 0 radical (unpaired) electrons. The predicted molar refractivity (Wildman–Crippen MR) is 73.4 cm³/mol. The number of aromatic nitrogens is 1. The highest BCUT2D eigenvalue weighted by Gasteiger charge is 2.11. The van der Waals surface area contributed by atoms with Gasteiger partial charge in [-0.2, -0.15) is 0 Å². The molecule has 6 nitrogen and oxygen atoms in total. The summed E-state index contributed by atoms with van der Waals surface area (Å²) in [5, 5.41) is 20.0. The van der Waals surface area contributed by atoms with Crippen molar-refractivity contribution in [2.75, 3.05) is 0 Å². The zero-order valence-electron chi connectivity index (χ0n) is 9.82. The van der Waals surface area contributed by atoms with Crippen molar-refractivity contribution in [2.45, 2.75) is 9.92 Å². The SMILES string of the molecule is O=C(O)c1cc(Sc2ccc([N+](=O)[O-])cc2)ncc1Cl. The van der Waals surface area contributed by atoms with Crippen LogP contribution in [-0.4, -0.2) is 21.0 Å². The molecule has 20 heavy (non-hydrogen) atoms. The number of nitrogens with zero attached hydrogens (tertiary/aromatic N) is 2. The lowest BCUT2D eigenvalue weighted by Crippen LogP contribution is -1.98. The predicted octanol–water partition coefficient (Wildman–Crippen LogP) is 3.49. The highest BCUT2D eigenvalue weighted by Crippen LogP contribution is 2.29. The second-order valence-electron chi connectivity index (χ2n) is 3.66. The molecule has 0 amide bonds. The molecule has 0 aliphatic rings. The maximum Gasteiger partial charge on any atom is 0.337 e. The van der Waals surface area contributed by atoms with Crippen molar-refractivity contribution in [1.29, 1.82) is 0 Å². The second-order valence-corrected chi connectivity index (χ2v) is 5.16. The van der Waals surface area contributed by atoms with Gasteiger partial charge in [0.15, 0.2) is 0 Å². The van der Waals surface area contributed by atoms with Gasteiger partial charge in [-0.15, -0.1) is 0 Å². The first-order valence-electron chi connectivity index (χ1n) is 5.28. The van der Waals surface area contributed by atoms with Gasteiger partial charge in [-0.05, 0) is 18.2 Å². The van der Waals surface area contributed by atoms with Crippen molar-refractivity contribution in [3.05, 3.63) is 57.2 Å². The first-order chi connectivity index (χ1) is 9.47. The monoisotopic (exact) mass is 310 g/mol. The molecule has 0 saturated heterocycles. The molecule has 0 unspecified atom stereocenters. The lowest BCUT2D eigenvalue weighted by Gasteiger charge is -2.03. The molecule has 2 aromatic rings. The normalized spacial score (nSPS) is 10.2. The Morgan fingerprint density at radius 1 is 1.35 bits per heavy atom. The molecule has 1 N–H and O–H groups in total. The fourth-order valence-corrected chi connectivity index (χ4v) is 2.38. The Balaban J connectivity index is 2.23. The van der Waals surface area contributed by atoms with E-state index in [1.54, 1.807) is 12.1 Å². The summed E-state index contributed by atoms with van der Waals surface area (Å²) in [5.41, 5.74) is -0.0456. The Morgan fingerprint density at radius 2 is 2.00 bits per heavy atom. The zero-order valence-corrected chi connectivity index (χ0v) is 11.4. The average molecular weight is 311 g/mol. The number of carboxylic acid groups (broad SMARTS) is 1. The van der Waals surface area contributed by atoms with Crippen molar-refractivity contribution < 1.29 is 14.8 Å². The van der Waals surface area contributed by atoms with E-state index >= 15 is 0 Å². The number of pyridine rings is 1. The lowest BCUT2D eigenvalue weighted by molar-refractivity contribution is -0.384. The van der Waals surface area contributed by atoms with E-state index in [1.807, 2.05) is 0 Å². The van der Waals surface area contributed by atoms with Crippen molar-refractivity contribution >= 4 is 35.0 Å². The van der Waals surface area contributed by atoms with E-state index in [0.717, 1.165) is 0 Å². The van der Waals surface area contributed by atoms with Crippen LogP contribution in [0.25, 0.3) is 0 Å². The highest BCUT2D eigenvalue weighted by molar-refractivity contribution is 7.99. The van der Waals surface area contributed by atoms with Gasteiger partial charge < -0.3 is 5.11 Å². The van der Waals surface area contributed by atoms with E-state index in [4.69, 9.17) is 16.7 Å². The van der Waals surface area contributed by atoms with Gasteiger partial charge in [-0.3, -0.25) is 10.1 Å². The first-order valence-corrected chi connectivity index (χ1v) is 6.48. The molecule has 0 fully saturated rings. The minimum Gasteiger partial charge on any atom is -0.478 e. The third-order valence-electron chi connectivity index (χ3n) is 2.33. The molecule has 1 aromatic heterocycles. The number of carbonyl (C=O) groups is 1. The summed E-state index contributed by atoms with van der Waals surface area (Å²) in [6.45, 7) is 0. The quantitative estimate of drug-likeness (QED) is 0.686. The Bertz CT molecular complexity index is 676. The number of nitro benzene ring substituents is 1. The van der Waals surface area contributed by atoms with Gasteiger partial charge in [0.05, 0.1) is 15.5 Å².